The van der Waals surface area contributed by atoms with Crippen LogP contribution in [0.25, 0.3) is 0 Å². The van der Waals surface area contributed by atoms with Gasteiger partial charge in [-0.25, -0.2) is 0 Å². The van der Waals surface area contributed by atoms with Gasteiger partial charge < -0.3 is 19.3 Å². The van der Waals surface area contributed by atoms with Crippen LogP contribution in [0.15, 0.2) is 48.5 Å². The van der Waals surface area contributed by atoms with E-state index in [0.717, 1.165) is 30.5 Å². The number of aryl methyl sites for hydroxylation is 1. The summed E-state index contributed by atoms with van der Waals surface area (Å²) >= 11 is 0. The van der Waals surface area contributed by atoms with Crippen LogP contribution >= 0.6 is 0 Å². The van der Waals surface area contributed by atoms with Crippen molar-refractivity contribution in [2.45, 2.75) is 25.8 Å². The van der Waals surface area contributed by atoms with Gasteiger partial charge in [0, 0.05) is 30.8 Å². The highest BCUT2D eigenvalue weighted by Crippen LogP contribution is 2.23. The Bertz CT molecular complexity index is 890. The lowest BCUT2D eigenvalue weighted by atomic mass is 10.1. The summed E-state index contributed by atoms with van der Waals surface area (Å²) in [5.74, 6) is 0.810. The van der Waals surface area contributed by atoms with Crippen molar-refractivity contribution in [1.29, 1.82) is 0 Å². The highest BCUT2D eigenvalue weighted by atomic mass is 16.5. The first-order chi connectivity index (χ1) is 14.6. The molecule has 30 heavy (non-hydrogen) atoms. The van der Waals surface area contributed by atoms with E-state index in [2.05, 4.69) is 0 Å². The van der Waals surface area contributed by atoms with E-state index in [1.54, 1.807) is 12.1 Å². The predicted octanol–water partition coefficient (Wildman–Crippen LogP) is 3.15. The molecule has 0 aromatic heterocycles. The molecule has 2 aromatic rings. The zero-order valence-corrected chi connectivity index (χ0v) is 17.4. The van der Waals surface area contributed by atoms with Crippen LogP contribution in [0.1, 0.15) is 39.1 Å². The van der Waals surface area contributed by atoms with Crippen LogP contribution in [-0.2, 0) is 4.74 Å². The lowest BCUT2D eigenvalue weighted by molar-refractivity contribution is 0.0303. The zero-order valence-electron chi connectivity index (χ0n) is 17.4. The van der Waals surface area contributed by atoms with Crippen LogP contribution in [0.4, 0.5) is 0 Å². The van der Waals surface area contributed by atoms with Crippen LogP contribution in [0.3, 0.4) is 0 Å². The second-order valence-corrected chi connectivity index (χ2v) is 7.85. The number of hydrogen-bond acceptors (Lipinski definition) is 4. The van der Waals surface area contributed by atoms with Gasteiger partial charge in [0.1, 0.15) is 12.4 Å². The number of rotatable bonds is 5. The number of hydrogen-bond donors (Lipinski definition) is 0. The van der Waals surface area contributed by atoms with Crippen molar-refractivity contribution < 1.29 is 19.1 Å². The van der Waals surface area contributed by atoms with Crippen molar-refractivity contribution in [1.82, 2.24) is 9.80 Å². The number of carbonyl (C=O) groups is 2. The third kappa shape index (κ3) is 4.49. The van der Waals surface area contributed by atoms with Crippen molar-refractivity contribution in [3.05, 3.63) is 65.2 Å². The number of amides is 2. The summed E-state index contributed by atoms with van der Waals surface area (Å²) < 4.78 is 11.3. The minimum Gasteiger partial charge on any atom is -0.491 e. The van der Waals surface area contributed by atoms with E-state index < -0.39 is 0 Å². The summed E-state index contributed by atoms with van der Waals surface area (Å²) in [6.45, 7) is 5.61. The zero-order chi connectivity index (χ0) is 20.9. The fourth-order valence-electron chi connectivity index (χ4n) is 4.08. The average Bonchev–Trinajstić information content (AvgIpc) is 3.27. The number of ether oxygens (including phenoxy) is 2. The van der Waals surface area contributed by atoms with Crippen LogP contribution in [0.5, 0.6) is 5.75 Å². The molecule has 0 spiro atoms. The lowest BCUT2D eigenvalue weighted by Gasteiger charge is -2.27. The van der Waals surface area contributed by atoms with Crippen LogP contribution < -0.4 is 4.74 Å². The summed E-state index contributed by atoms with van der Waals surface area (Å²) in [7, 11) is 0. The van der Waals surface area contributed by atoms with Crippen molar-refractivity contribution in [2.24, 2.45) is 0 Å². The lowest BCUT2D eigenvalue weighted by Crippen LogP contribution is -2.40. The molecule has 2 aliphatic heterocycles. The molecule has 2 aromatic carbocycles. The predicted molar refractivity (Wildman–Crippen MR) is 114 cm³/mol. The summed E-state index contributed by atoms with van der Waals surface area (Å²) in [4.78, 5) is 29.3. The second kappa shape index (κ2) is 9.30. The molecule has 2 amide bonds. The number of morpholine rings is 1. The Morgan fingerprint density at radius 3 is 2.47 bits per heavy atom. The third-order valence-corrected chi connectivity index (χ3v) is 5.86. The Labute approximate surface area is 177 Å². The van der Waals surface area contributed by atoms with E-state index in [-0.39, 0.29) is 17.9 Å². The number of carbonyl (C=O) groups excluding carboxylic acids is 2. The molecule has 0 aliphatic carbocycles. The number of benzene rings is 2. The maximum absolute atomic E-state index is 13.0. The van der Waals surface area contributed by atoms with Gasteiger partial charge in [-0.1, -0.05) is 18.2 Å². The van der Waals surface area contributed by atoms with Crippen LogP contribution in [0, 0.1) is 6.92 Å². The Morgan fingerprint density at radius 1 is 1.00 bits per heavy atom. The molecule has 1 atom stereocenters. The highest BCUT2D eigenvalue weighted by Gasteiger charge is 2.30. The maximum atomic E-state index is 13.0. The second-order valence-electron chi connectivity index (χ2n) is 7.85. The summed E-state index contributed by atoms with van der Waals surface area (Å²) in [6.07, 6.45) is 1.92. The Hall–Kier alpha value is -2.86. The van der Waals surface area contributed by atoms with Gasteiger partial charge >= 0.3 is 0 Å². The van der Waals surface area contributed by atoms with E-state index in [9.17, 15) is 9.59 Å². The van der Waals surface area contributed by atoms with E-state index in [1.807, 2.05) is 53.1 Å². The van der Waals surface area contributed by atoms with Gasteiger partial charge in [-0.15, -0.1) is 0 Å². The molecule has 158 valence electrons. The van der Waals surface area contributed by atoms with Gasteiger partial charge in [0.25, 0.3) is 11.8 Å². The fourth-order valence-corrected chi connectivity index (χ4v) is 4.08. The monoisotopic (exact) mass is 408 g/mol. The third-order valence-electron chi connectivity index (χ3n) is 5.86. The van der Waals surface area contributed by atoms with Gasteiger partial charge in [0.05, 0.1) is 19.3 Å². The first-order valence-electron chi connectivity index (χ1n) is 10.6. The van der Waals surface area contributed by atoms with Crippen molar-refractivity contribution in [2.75, 3.05) is 39.5 Å². The molecule has 4 rings (SSSR count). The highest BCUT2D eigenvalue weighted by molar-refractivity contribution is 5.96. The molecule has 6 nitrogen and oxygen atoms in total. The molecule has 2 aliphatic rings. The Kier molecular flexibility index (Phi) is 6.33. The molecular formula is C24H28N2O4. The molecule has 6 heteroatoms. The minimum absolute atomic E-state index is 0.0237. The van der Waals surface area contributed by atoms with E-state index in [4.69, 9.17) is 9.47 Å². The molecular weight excluding hydrogens is 380 g/mol. The molecule has 2 heterocycles. The van der Waals surface area contributed by atoms with E-state index >= 15 is 0 Å². The van der Waals surface area contributed by atoms with Gasteiger partial charge in [0.2, 0.25) is 0 Å². The number of nitrogens with zero attached hydrogens (tertiary/aromatic N) is 2. The first kappa shape index (κ1) is 20.4. The van der Waals surface area contributed by atoms with Crippen molar-refractivity contribution >= 4 is 11.8 Å². The van der Waals surface area contributed by atoms with Gasteiger partial charge in [-0.3, -0.25) is 9.59 Å². The fraction of sp³-hybridized carbons (Fsp3) is 0.417. The Morgan fingerprint density at radius 2 is 1.73 bits per heavy atom. The molecule has 0 bridgehead atoms. The van der Waals surface area contributed by atoms with E-state index in [0.29, 0.717) is 44.2 Å². The minimum atomic E-state index is 0.0237. The smallest absolute Gasteiger partial charge is 0.254 e. The molecule has 0 radical (unpaired) electrons. The van der Waals surface area contributed by atoms with Gasteiger partial charge in [0.15, 0.2) is 0 Å². The van der Waals surface area contributed by atoms with Crippen LogP contribution in [-0.4, -0.2) is 67.1 Å². The van der Waals surface area contributed by atoms with Gasteiger partial charge in [-0.05, 0) is 55.7 Å². The summed E-state index contributed by atoms with van der Waals surface area (Å²) in [5, 5.41) is 0. The standard InChI is InChI=1S/C24H28N2O4/c1-18-5-2-3-7-22(18)24(28)26-12-4-6-20(26)17-30-21-10-8-19(9-11-21)23(27)25-13-15-29-16-14-25/h2-3,5,7-11,20H,4,6,12-17H2,1H3. The van der Waals surface area contributed by atoms with Crippen molar-refractivity contribution in [3.63, 3.8) is 0 Å². The molecule has 1 unspecified atom stereocenters. The van der Waals surface area contributed by atoms with Crippen molar-refractivity contribution in [3.8, 4) is 5.75 Å². The largest absolute Gasteiger partial charge is 0.491 e. The number of likely N-dealkylation sites (tertiary alicyclic amines) is 1. The van der Waals surface area contributed by atoms with Gasteiger partial charge in [-0.2, -0.15) is 0 Å². The summed E-state index contributed by atoms with van der Waals surface area (Å²) in [5.41, 5.74) is 2.41. The molecule has 0 saturated carbocycles. The molecule has 2 saturated heterocycles. The maximum Gasteiger partial charge on any atom is 0.254 e. The SMILES string of the molecule is Cc1ccccc1C(=O)N1CCCC1COc1ccc(C(=O)N2CCOCC2)cc1. The van der Waals surface area contributed by atoms with Crippen LogP contribution in [0.2, 0.25) is 0 Å². The molecule has 2 fully saturated rings. The van der Waals surface area contributed by atoms with E-state index in [1.165, 1.54) is 0 Å². The Balaban J connectivity index is 1.35. The molecule has 0 N–H and O–H groups in total. The quantitative estimate of drug-likeness (QED) is 0.763. The summed E-state index contributed by atoms with van der Waals surface area (Å²) in [6, 6.07) is 15.0. The topological polar surface area (TPSA) is 59.1 Å². The average molecular weight is 408 g/mol. The first-order valence-corrected chi connectivity index (χ1v) is 10.6. The normalized spacial score (nSPS) is 19.0.